The molecule has 0 saturated carbocycles. The average Bonchev–Trinajstić information content (AvgIpc) is 2.82. The summed E-state index contributed by atoms with van der Waals surface area (Å²) in [6.07, 6.45) is 2.69. The Balaban J connectivity index is 1.53. The molecular formula is C23H26N4O4. The molecule has 3 amide bonds. The number of hydrogen-bond donors (Lipinski definition) is 2. The number of rotatable bonds is 5. The Morgan fingerprint density at radius 2 is 2.06 bits per heavy atom. The van der Waals surface area contributed by atoms with E-state index in [9.17, 15) is 14.4 Å². The molecule has 3 heterocycles. The highest BCUT2D eigenvalue weighted by atomic mass is 16.5. The van der Waals surface area contributed by atoms with Crippen molar-refractivity contribution in [3.8, 4) is 5.88 Å². The lowest BCUT2D eigenvalue weighted by atomic mass is 9.69. The normalized spacial score (nSPS) is 22.8. The van der Waals surface area contributed by atoms with Gasteiger partial charge in [0.2, 0.25) is 17.7 Å². The molecule has 2 aliphatic rings. The molecule has 2 fully saturated rings. The lowest BCUT2D eigenvalue weighted by Gasteiger charge is -2.49. The number of carbonyl (C=O) groups is 3. The maximum Gasteiger partial charge on any atom is 0.255 e. The van der Waals surface area contributed by atoms with E-state index in [1.807, 2.05) is 30.3 Å². The number of methoxy groups -OCH3 is 1. The van der Waals surface area contributed by atoms with Gasteiger partial charge in [0.1, 0.15) is 0 Å². The number of fused-ring (bicyclic) bond motifs is 1. The molecule has 8 heteroatoms. The third kappa shape index (κ3) is 4.23. The lowest BCUT2D eigenvalue weighted by Crippen LogP contribution is -2.66. The zero-order chi connectivity index (χ0) is 21.8. The van der Waals surface area contributed by atoms with Gasteiger partial charge >= 0.3 is 0 Å². The van der Waals surface area contributed by atoms with E-state index in [4.69, 9.17) is 4.74 Å². The van der Waals surface area contributed by atoms with Crippen LogP contribution in [0.2, 0.25) is 0 Å². The molecule has 31 heavy (non-hydrogen) atoms. The highest BCUT2D eigenvalue weighted by Gasteiger charge is 2.52. The number of likely N-dealkylation sites (tertiary alicyclic amines) is 1. The quantitative estimate of drug-likeness (QED) is 0.761. The van der Waals surface area contributed by atoms with Gasteiger partial charge in [0, 0.05) is 44.4 Å². The van der Waals surface area contributed by atoms with Crippen molar-refractivity contribution in [1.82, 2.24) is 20.5 Å². The molecule has 2 N–H and O–H groups in total. The van der Waals surface area contributed by atoms with Crippen LogP contribution < -0.4 is 15.4 Å². The maximum absolute atomic E-state index is 13.4. The Morgan fingerprint density at radius 3 is 2.77 bits per heavy atom. The zero-order valence-corrected chi connectivity index (χ0v) is 17.5. The fourth-order valence-electron chi connectivity index (χ4n) is 4.44. The van der Waals surface area contributed by atoms with Crippen LogP contribution in [0.5, 0.6) is 5.88 Å². The second-order valence-corrected chi connectivity index (χ2v) is 8.05. The summed E-state index contributed by atoms with van der Waals surface area (Å²) >= 11 is 0. The highest BCUT2D eigenvalue weighted by Crippen LogP contribution is 2.38. The predicted molar refractivity (Wildman–Crippen MR) is 113 cm³/mol. The van der Waals surface area contributed by atoms with E-state index in [1.165, 1.54) is 13.3 Å². The fraction of sp³-hybridized carbons (Fsp3) is 0.391. The summed E-state index contributed by atoms with van der Waals surface area (Å²) in [4.78, 5) is 44.3. The number of hydrogen-bond acceptors (Lipinski definition) is 5. The summed E-state index contributed by atoms with van der Waals surface area (Å²) in [5, 5.41) is 6.02. The molecule has 1 aromatic carbocycles. The van der Waals surface area contributed by atoms with Crippen molar-refractivity contribution in [1.29, 1.82) is 0 Å². The number of amides is 3. The molecule has 2 aromatic rings. The third-order valence-corrected chi connectivity index (χ3v) is 6.19. The highest BCUT2D eigenvalue weighted by molar-refractivity contribution is 5.95. The van der Waals surface area contributed by atoms with Crippen LogP contribution in [-0.2, 0) is 16.1 Å². The summed E-state index contributed by atoms with van der Waals surface area (Å²) in [5.74, 6) is 0.0741. The Hall–Kier alpha value is -3.42. The number of aromatic nitrogens is 1. The summed E-state index contributed by atoms with van der Waals surface area (Å²) in [7, 11) is 1.52. The first kappa shape index (κ1) is 20.8. The van der Waals surface area contributed by atoms with Gasteiger partial charge in [-0.1, -0.05) is 30.3 Å². The van der Waals surface area contributed by atoms with Gasteiger partial charge in [-0.2, -0.15) is 0 Å². The average molecular weight is 422 g/mol. The van der Waals surface area contributed by atoms with Crippen molar-refractivity contribution in [2.24, 2.45) is 5.41 Å². The molecule has 0 unspecified atom stereocenters. The third-order valence-electron chi connectivity index (χ3n) is 6.19. The fourth-order valence-corrected chi connectivity index (χ4v) is 4.44. The molecule has 2 saturated heterocycles. The standard InChI is InChI=1S/C23H26N4O4/c1-31-20-8-7-17(14-24-20)21(29)27-12-10-18-23(15-27,11-9-19(28)26-18)22(30)25-13-16-5-3-2-4-6-16/h2-8,14,18H,9-13,15H2,1H3,(H,25,30)(H,26,28)/t18-,23+/m1/s1. The van der Waals surface area contributed by atoms with E-state index in [-0.39, 0.29) is 36.7 Å². The van der Waals surface area contributed by atoms with E-state index < -0.39 is 5.41 Å². The molecule has 2 atom stereocenters. The SMILES string of the molecule is COc1ccc(C(=O)N2CC[C@H]3NC(=O)CC[C@]3(C(=O)NCc3ccccc3)C2)cn1. The van der Waals surface area contributed by atoms with Crippen molar-refractivity contribution in [3.63, 3.8) is 0 Å². The minimum Gasteiger partial charge on any atom is -0.481 e. The Labute approximate surface area is 181 Å². The second-order valence-electron chi connectivity index (χ2n) is 8.05. The number of piperidine rings is 2. The number of carbonyl (C=O) groups excluding carboxylic acids is 3. The van der Waals surface area contributed by atoms with Gasteiger partial charge in [0.15, 0.2) is 0 Å². The van der Waals surface area contributed by atoms with Crippen LogP contribution in [-0.4, -0.2) is 53.8 Å². The molecule has 0 aliphatic carbocycles. The molecular weight excluding hydrogens is 396 g/mol. The molecule has 2 aliphatic heterocycles. The first-order valence-electron chi connectivity index (χ1n) is 10.4. The van der Waals surface area contributed by atoms with E-state index in [0.717, 1.165) is 5.56 Å². The number of ether oxygens (including phenoxy) is 1. The van der Waals surface area contributed by atoms with Crippen LogP contribution in [0.3, 0.4) is 0 Å². The number of benzene rings is 1. The van der Waals surface area contributed by atoms with Crippen LogP contribution in [0.25, 0.3) is 0 Å². The van der Waals surface area contributed by atoms with Crippen molar-refractivity contribution in [3.05, 3.63) is 59.8 Å². The van der Waals surface area contributed by atoms with E-state index in [1.54, 1.807) is 17.0 Å². The van der Waals surface area contributed by atoms with Gasteiger partial charge in [-0.05, 0) is 24.5 Å². The molecule has 4 rings (SSSR count). The van der Waals surface area contributed by atoms with Gasteiger partial charge in [-0.15, -0.1) is 0 Å². The minimum atomic E-state index is -0.851. The Kier molecular flexibility index (Phi) is 5.88. The van der Waals surface area contributed by atoms with E-state index >= 15 is 0 Å². The second kappa shape index (κ2) is 8.75. The van der Waals surface area contributed by atoms with Gasteiger partial charge in [0.05, 0.1) is 18.1 Å². The molecule has 1 aromatic heterocycles. The monoisotopic (exact) mass is 422 g/mol. The summed E-state index contributed by atoms with van der Waals surface area (Å²) in [6.45, 7) is 1.12. The lowest BCUT2D eigenvalue weighted by molar-refractivity contribution is -0.142. The van der Waals surface area contributed by atoms with Gasteiger partial charge in [-0.3, -0.25) is 14.4 Å². The van der Waals surface area contributed by atoms with E-state index in [0.29, 0.717) is 37.4 Å². The first-order chi connectivity index (χ1) is 15.0. The molecule has 0 bridgehead atoms. The Bertz CT molecular complexity index is 963. The summed E-state index contributed by atoms with van der Waals surface area (Å²) in [6, 6.07) is 12.7. The van der Waals surface area contributed by atoms with Gasteiger partial charge in [0.25, 0.3) is 5.91 Å². The van der Waals surface area contributed by atoms with Crippen molar-refractivity contribution in [2.75, 3.05) is 20.2 Å². The van der Waals surface area contributed by atoms with Crippen LogP contribution in [0.4, 0.5) is 0 Å². The van der Waals surface area contributed by atoms with E-state index in [2.05, 4.69) is 15.6 Å². The molecule has 0 radical (unpaired) electrons. The zero-order valence-electron chi connectivity index (χ0n) is 17.5. The topological polar surface area (TPSA) is 101 Å². The molecule has 162 valence electrons. The summed E-state index contributed by atoms with van der Waals surface area (Å²) in [5.41, 5.74) is 0.590. The van der Waals surface area contributed by atoms with Crippen molar-refractivity contribution >= 4 is 17.7 Å². The molecule has 0 spiro atoms. The van der Waals surface area contributed by atoms with Gasteiger partial charge < -0.3 is 20.3 Å². The van der Waals surface area contributed by atoms with Crippen LogP contribution in [0.1, 0.15) is 35.2 Å². The number of nitrogens with one attached hydrogen (secondary N) is 2. The number of nitrogens with zero attached hydrogens (tertiary/aromatic N) is 2. The number of pyridine rings is 1. The maximum atomic E-state index is 13.4. The minimum absolute atomic E-state index is 0.0457. The van der Waals surface area contributed by atoms with Crippen molar-refractivity contribution in [2.45, 2.75) is 31.8 Å². The predicted octanol–water partition coefficient (Wildman–Crippen LogP) is 1.52. The smallest absolute Gasteiger partial charge is 0.255 e. The van der Waals surface area contributed by atoms with Gasteiger partial charge in [-0.25, -0.2) is 4.98 Å². The Morgan fingerprint density at radius 1 is 1.26 bits per heavy atom. The first-order valence-corrected chi connectivity index (χ1v) is 10.4. The summed E-state index contributed by atoms with van der Waals surface area (Å²) < 4.78 is 5.06. The van der Waals surface area contributed by atoms with Crippen LogP contribution in [0.15, 0.2) is 48.7 Å². The van der Waals surface area contributed by atoms with Crippen LogP contribution >= 0.6 is 0 Å². The largest absolute Gasteiger partial charge is 0.481 e. The van der Waals surface area contributed by atoms with Crippen molar-refractivity contribution < 1.29 is 19.1 Å². The van der Waals surface area contributed by atoms with Crippen LogP contribution in [0, 0.1) is 5.41 Å². The molecule has 8 nitrogen and oxygen atoms in total.